The highest BCUT2D eigenvalue weighted by molar-refractivity contribution is 5.66. The lowest BCUT2D eigenvalue weighted by Gasteiger charge is -2.08. The van der Waals surface area contributed by atoms with Crippen molar-refractivity contribution in [2.75, 3.05) is 12.5 Å². The summed E-state index contributed by atoms with van der Waals surface area (Å²) < 4.78 is 5.32. The quantitative estimate of drug-likeness (QED) is 0.571. The van der Waals surface area contributed by atoms with Crippen molar-refractivity contribution >= 4 is 5.95 Å². The van der Waals surface area contributed by atoms with E-state index >= 15 is 0 Å². The fourth-order valence-corrected chi connectivity index (χ4v) is 2.01. The Morgan fingerprint density at radius 2 is 2.22 bits per heavy atom. The Morgan fingerprint density at radius 1 is 1.44 bits per heavy atom. The van der Waals surface area contributed by atoms with Gasteiger partial charge in [-0.1, -0.05) is 6.92 Å². The fraction of sp³-hybridized carbons (Fsp3) is 0.308. The van der Waals surface area contributed by atoms with E-state index in [9.17, 15) is 0 Å². The number of imidazole rings is 1. The first-order chi connectivity index (χ1) is 8.69. The number of aromatic amines is 1. The molecule has 5 heteroatoms. The summed E-state index contributed by atoms with van der Waals surface area (Å²) in [6.07, 6.45) is 0.919. The molecule has 0 aliphatic rings. The molecule has 0 fully saturated rings. The number of aromatic nitrogens is 2. The molecule has 2 rings (SSSR count). The largest absolute Gasteiger partial charge is 0.496 e. The molecule has 5 nitrogen and oxygen atoms in total. The molecule has 0 radical (unpaired) electrons. The second kappa shape index (κ2) is 5.10. The molecule has 2 aromatic rings. The smallest absolute Gasteiger partial charge is 0.215 e. The predicted octanol–water partition coefficient (Wildman–Crippen LogP) is 2.24. The molecule has 18 heavy (non-hydrogen) atoms. The number of benzene rings is 1. The number of hydrogen-bond acceptors (Lipinski definition) is 4. The number of nitrogens with zero attached hydrogens (tertiary/aromatic N) is 1. The summed E-state index contributed by atoms with van der Waals surface area (Å²) in [5.74, 6) is 6.82. The van der Waals surface area contributed by atoms with E-state index in [1.165, 1.54) is 5.56 Å². The van der Waals surface area contributed by atoms with Crippen LogP contribution >= 0.6 is 0 Å². The van der Waals surface area contributed by atoms with Gasteiger partial charge in [0.15, 0.2) is 0 Å². The van der Waals surface area contributed by atoms with Crippen LogP contribution in [0.5, 0.6) is 5.75 Å². The van der Waals surface area contributed by atoms with Crippen molar-refractivity contribution in [3.05, 3.63) is 29.5 Å². The maximum atomic E-state index is 5.35. The summed E-state index contributed by atoms with van der Waals surface area (Å²) in [6, 6.07) is 6.07. The lowest BCUT2D eigenvalue weighted by atomic mass is 10.0. The van der Waals surface area contributed by atoms with E-state index < -0.39 is 0 Å². The summed E-state index contributed by atoms with van der Waals surface area (Å²) >= 11 is 0. The van der Waals surface area contributed by atoms with E-state index in [1.807, 2.05) is 19.1 Å². The zero-order valence-electron chi connectivity index (χ0n) is 10.9. The Kier molecular flexibility index (Phi) is 3.53. The van der Waals surface area contributed by atoms with Crippen LogP contribution in [0.4, 0.5) is 5.95 Å². The highest BCUT2D eigenvalue weighted by atomic mass is 16.5. The van der Waals surface area contributed by atoms with Gasteiger partial charge in [-0.2, -0.15) is 0 Å². The Labute approximate surface area is 106 Å². The van der Waals surface area contributed by atoms with Crippen LogP contribution in [-0.4, -0.2) is 17.1 Å². The molecular weight excluding hydrogens is 228 g/mol. The van der Waals surface area contributed by atoms with Gasteiger partial charge in [0.05, 0.1) is 12.8 Å². The molecule has 0 aliphatic carbocycles. The third kappa shape index (κ3) is 2.17. The lowest BCUT2D eigenvalue weighted by Crippen LogP contribution is -2.07. The van der Waals surface area contributed by atoms with Crippen molar-refractivity contribution in [1.29, 1.82) is 0 Å². The van der Waals surface area contributed by atoms with Gasteiger partial charge in [-0.25, -0.2) is 10.8 Å². The highest BCUT2D eigenvalue weighted by Gasteiger charge is 2.10. The Morgan fingerprint density at radius 3 is 2.78 bits per heavy atom. The molecule has 1 aromatic carbocycles. The van der Waals surface area contributed by atoms with E-state index in [0.29, 0.717) is 5.95 Å². The maximum absolute atomic E-state index is 5.35. The van der Waals surface area contributed by atoms with Gasteiger partial charge in [-0.05, 0) is 37.1 Å². The van der Waals surface area contributed by atoms with E-state index in [0.717, 1.165) is 29.1 Å². The number of hydrazine groups is 1. The van der Waals surface area contributed by atoms with Crippen LogP contribution < -0.4 is 16.0 Å². The number of rotatable bonds is 4. The minimum absolute atomic E-state index is 0.566. The van der Waals surface area contributed by atoms with Gasteiger partial charge in [0.1, 0.15) is 5.75 Å². The predicted molar refractivity (Wildman–Crippen MR) is 72.5 cm³/mol. The second-order valence-corrected chi connectivity index (χ2v) is 4.08. The number of nitrogens with two attached hydrogens (primary N) is 1. The molecule has 4 N–H and O–H groups in total. The SMILES string of the molecule is CCc1cc(-c2nc(NN)[nH]c2C)ccc1OC. The monoisotopic (exact) mass is 246 g/mol. The van der Waals surface area contributed by atoms with E-state index in [-0.39, 0.29) is 0 Å². The summed E-state index contributed by atoms with van der Waals surface area (Å²) in [6.45, 7) is 4.07. The number of anilines is 1. The van der Waals surface area contributed by atoms with Gasteiger partial charge < -0.3 is 9.72 Å². The number of aryl methyl sites for hydroxylation is 2. The molecule has 0 unspecified atom stereocenters. The van der Waals surface area contributed by atoms with Crippen molar-refractivity contribution in [3.63, 3.8) is 0 Å². The Hall–Kier alpha value is -2.01. The van der Waals surface area contributed by atoms with Crippen molar-refractivity contribution in [2.45, 2.75) is 20.3 Å². The van der Waals surface area contributed by atoms with Crippen molar-refractivity contribution in [1.82, 2.24) is 9.97 Å². The van der Waals surface area contributed by atoms with Gasteiger partial charge in [0, 0.05) is 11.3 Å². The average Bonchev–Trinajstić information content (AvgIpc) is 2.79. The number of hydrogen-bond donors (Lipinski definition) is 3. The minimum atomic E-state index is 0.566. The molecule has 0 atom stereocenters. The first-order valence-corrected chi connectivity index (χ1v) is 5.90. The van der Waals surface area contributed by atoms with E-state index in [2.05, 4.69) is 28.4 Å². The third-order valence-electron chi connectivity index (χ3n) is 2.96. The zero-order valence-corrected chi connectivity index (χ0v) is 10.9. The first-order valence-electron chi connectivity index (χ1n) is 5.90. The van der Waals surface area contributed by atoms with Crippen LogP contribution in [-0.2, 0) is 6.42 Å². The van der Waals surface area contributed by atoms with Gasteiger partial charge in [0.2, 0.25) is 5.95 Å². The molecule has 1 aromatic heterocycles. The standard InChI is InChI=1S/C13H18N4O/c1-4-9-7-10(5-6-11(9)18-3)12-8(2)15-13(16-12)17-14/h5-7H,4,14H2,1-3H3,(H2,15,16,17). The molecule has 0 aliphatic heterocycles. The first kappa shape index (κ1) is 12.4. The fourth-order valence-electron chi connectivity index (χ4n) is 2.01. The van der Waals surface area contributed by atoms with E-state index in [4.69, 9.17) is 10.6 Å². The van der Waals surface area contributed by atoms with Crippen LogP contribution in [0.1, 0.15) is 18.2 Å². The third-order valence-corrected chi connectivity index (χ3v) is 2.96. The number of methoxy groups -OCH3 is 1. The van der Waals surface area contributed by atoms with E-state index in [1.54, 1.807) is 7.11 Å². The molecule has 0 spiro atoms. The van der Waals surface area contributed by atoms with Crippen molar-refractivity contribution in [3.8, 4) is 17.0 Å². The van der Waals surface area contributed by atoms with Crippen LogP contribution in [0.2, 0.25) is 0 Å². The van der Waals surface area contributed by atoms with Crippen LogP contribution in [0.3, 0.4) is 0 Å². The Balaban J connectivity index is 2.47. The molecule has 0 bridgehead atoms. The van der Waals surface area contributed by atoms with Gasteiger partial charge in [-0.15, -0.1) is 0 Å². The van der Waals surface area contributed by atoms with Crippen LogP contribution in [0.15, 0.2) is 18.2 Å². The molecule has 1 heterocycles. The molecule has 0 saturated carbocycles. The Bertz CT molecular complexity index is 548. The van der Waals surface area contributed by atoms with Gasteiger partial charge in [0.25, 0.3) is 0 Å². The highest BCUT2D eigenvalue weighted by Crippen LogP contribution is 2.28. The average molecular weight is 246 g/mol. The normalized spacial score (nSPS) is 10.4. The van der Waals surface area contributed by atoms with Gasteiger partial charge in [-0.3, -0.25) is 5.43 Å². The zero-order chi connectivity index (χ0) is 13.1. The topological polar surface area (TPSA) is 76.0 Å². The van der Waals surface area contributed by atoms with Crippen LogP contribution in [0, 0.1) is 6.92 Å². The summed E-state index contributed by atoms with van der Waals surface area (Å²) in [4.78, 5) is 7.48. The number of H-pyrrole nitrogens is 1. The molecular formula is C13H18N4O. The molecule has 0 amide bonds. The number of nitrogens with one attached hydrogen (secondary N) is 2. The number of ether oxygens (including phenoxy) is 1. The number of nitrogen functional groups attached to an aromatic ring is 1. The summed E-state index contributed by atoms with van der Waals surface area (Å²) in [5, 5.41) is 0. The molecule has 96 valence electrons. The molecule has 0 saturated heterocycles. The van der Waals surface area contributed by atoms with Crippen LogP contribution in [0.25, 0.3) is 11.3 Å². The van der Waals surface area contributed by atoms with Crippen molar-refractivity contribution in [2.24, 2.45) is 5.84 Å². The van der Waals surface area contributed by atoms with Crippen molar-refractivity contribution < 1.29 is 4.74 Å². The second-order valence-electron chi connectivity index (χ2n) is 4.08. The summed E-state index contributed by atoms with van der Waals surface area (Å²) in [5.41, 5.74) is 6.63. The maximum Gasteiger partial charge on any atom is 0.215 e. The lowest BCUT2D eigenvalue weighted by molar-refractivity contribution is 0.410. The van der Waals surface area contributed by atoms with Gasteiger partial charge >= 0.3 is 0 Å². The minimum Gasteiger partial charge on any atom is -0.496 e. The summed E-state index contributed by atoms with van der Waals surface area (Å²) in [7, 11) is 1.68.